The van der Waals surface area contributed by atoms with Crippen LogP contribution in [0.4, 0.5) is 5.69 Å². The van der Waals surface area contributed by atoms with E-state index in [1.807, 2.05) is 13.0 Å². The quantitative estimate of drug-likeness (QED) is 0.863. The Hall–Kier alpha value is -1.46. The zero-order valence-corrected chi connectivity index (χ0v) is 13.1. The van der Waals surface area contributed by atoms with Crippen LogP contribution in [-0.2, 0) is 4.79 Å². The molecule has 0 aliphatic carbocycles. The van der Waals surface area contributed by atoms with Gasteiger partial charge in [-0.2, -0.15) is 0 Å². The van der Waals surface area contributed by atoms with Crippen molar-refractivity contribution in [3.8, 4) is 0 Å². The second-order valence-corrected chi connectivity index (χ2v) is 5.53. The summed E-state index contributed by atoms with van der Waals surface area (Å²) < 4.78 is 6.13. The Balaban J connectivity index is 2.31. The Bertz CT molecular complexity index is 597. The van der Waals surface area contributed by atoms with Gasteiger partial charge in [-0.1, -0.05) is 11.6 Å². The SMILES string of the molecule is CC(c1ccc(Br)o1)N(CC(=O)O)c1ccc(Cl)cc1. The van der Waals surface area contributed by atoms with Crippen molar-refractivity contribution in [3.63, 3.8) is 0 Å². The minimum absolute atomic E-state index is 0.124. The molecule has 2 rings (SSSR count). The minimum atomic E-state index is -0.905. The standard InChI is InChI=1S/C14H13BrClNO3/c1-9(12-6-7-13(15)20-12)17(8-14(18)19)11-4-2-10(16)3-5-11/h2-7,9H,8H2,1H3,(H,18,19). The van der Waals surface area contributed by atoms with Gasteiger partial charge < -0.3 is 14.4 Å². The topological polar surface area (TPSA) is 53.7 Å². The summed E-state index contributed by atoms with van der Waals surface area (Å²) >= 11 is 9.11. The monoisotopic (exact) mass is 357 g/mol. The van der Waals surface area contributed by atoms with Crippen LogP contribution >= 0.6 is 27.5 Å². The van der Waals surface area contributed by atoms with E-state index in [4.69, 9.17) is 21.1 Å². The molecule has 0 saturated heterocycles. The molecule has 1 N–H and O–H groups in total. The third kappa shape index (κ3) is 3.55. The molecular weight excluding hydrogens is 346 g/mol. The van der Waals surface area contributed by atoms with Gasteiger partial charge in [0.05, 0.1) is 6.04 Å². The number of hydrogen-bond acceptors (Lipinski definition) is 3. The second-order valence-electron chi connectivity index (χ2n) is 4.32. The summed E-state index contributed by atoms with van der Waals surface area (Å²) in [4.78, 5) is 12.8. The Labute approximate surface area is 130 Å². The molecule has 0 radical (unpaired) electrons. The van der Waals surface area contributed by atoms with Gasteiger partial charge in [-0.3, -0.25) is 4.79 Å². The van der Waals surface area contributed by atoms with Gasteiger partial charge in [0, 0.05) is 10.7 Å². The highest BCUT2D eigenvalue weighted by molar-refractivity contribution is 9.10. The van der Waals surface area contributed by atoms with Crippen molar-refractivity contribution in [2.45, 2.75) is 13.0 Å². The molecule has 1 heterocycles. The molecule has 4 nitrogen and oxygen atoms in total. The number of nitrogens with zero attached hydrogens (tertiary/aromatic N) is 1. The van der Waals surface area contributed by atoms with Gasteiger partial charge >= 0.3 is 5.97 Å². The Morgan fingerprint density at radius 1 is 1.35 bits per heavy atom. The van der Waals surface area contributed by atoms with Gasteiger partial charge in [0.1, 0.15) is 12.3 Å². The second kappa shape index (κ2) is 6.33. The van der Waals surface area contributed by atoms with E-state index in [0.29, 0.717) is 15.5 Å². The van der Waals surface area contributed by atoms with Crippen molar-refractivity contribution in [3.05, 3.63) is 51.9 Å². The van der Waals surface area contributed by atoms with Crippen LogP contribution in [-0.4, -0.2) is 17.6 Å². The van der Waals surface area contributed by atoms with E-state index >= 15 is 0 Å². The normalized spacial score (nSPS) is 12.2. The van der Waals surface area contributed by atoms with Gasteiger partial charge in [-0.05, 0) is 59.3 Å². The first-order valence-electron chi connectivity index (χ1n) is 5.96. The number of hydrogen-bond donors (Lipinski definition) is 1. The summed E-state index contributed by atoms with van der Waals surface area (Å²) in [6.07, 6.45) is 0. The zero-order chi connectivity index (χ0) is 14.7. The first kappa shape index (κ1) is 14.9. The molecule has 1 unspecified atom stereocenters. The third-order valence-corrected chi connectivity index (χ3v) is 3.62. The Morgan fingerprint density at radius 3 is 2.50 bits per heavy atom. The summed E-state index contributed by atoms with van der Waals surface area (Å²) in [5, 5.41) is 9.70. The molecular formula is C14H13BrClNO3. The van der Waals surface area contributed by atoms with E-state index in [-0.39, 0.29) is 12.6 Å². The number of furan rings is 1. The highest BCUT2D eigenvalue weighted by Gasteiger charge is 2.21. The molecule has 0 fully saturated rings. The molecule has 6 heteroatoms. The molecule has 1 aromatic carbocycles. The fraction of sp³-hybridized carbons (Fsp3) is 0.214. The number of carboxylic acids is 1. The van der Waals surface area contributed by atoms with Crippen LogP contribution < -0.4 is 4.90 Å². The minimum Gasteiger partial charge on any atom is -0.480 e. The van der Waals surface area contributed by atoms with E-state index in [1.165, 1.54) is 0 Å². The molecule has 20 heavy (non-hydrogen) atoms. The molecule has 0 amide bonds. The third-order valence-electron chi connectivity index (χ3n) is 2.94. The highest BCUT2D eigenvalue weighted by atomic mass is 79.9. The lowest BCUT2D eigenvalue weighted by Gasteiger charge is -2.28. The molecule has 0 aliphatic heterocycles. The zero-order valence-electron chi connectivity index (χ0n) is 10.7. The van der Waals surface area contributed by atoms with Crippen molar-refractivity contribution in [2.24, 2.45) is 0 Å². The highest BCUT2D eigenvalue weighted by Crippen LogP contribution is 2.29. The van der Waals surface area contributed by atoms with Crippen molar-refractivity contribution < 1.29 is 14.3 Å². The van der Waals surface area contributed by atoms with Crippen LogP contribution in [0.15, 0.2) is 45.5 Å². The van der Waals surface area contributed by atoms with Gasteiger partial charge in [0.2, 0.25) is 0 Å². The molecule has 0 spiro atoms. The van der Waals surface area contributed by atoms with Crippen LogP contribution in [0, 0.1) is 0 Å². The average molecular weight is 359 g/mol. The Kier molecular flexibility index (Phi) is 4.73. The number of rotatable bonds is 5. The van der Waals surface area contributed by atoms with Crippen molar-refractivity contribution in [2.75, 3.05) is 11.4 Å². The van der Waals surface area contributed by atoms with Gasteiger partial charge in [-0.15, -0.1) is 0 Å². The van der Waals surface area contributed by atoms with E-state index in [2.05, 4.69) is 15.9 Å². The maximum absolute atomic E-state index is 11.1. The van der Waals surface area contributed by atoms with E-state index < -0.39 is 5.97 Å². The van der Waals surface area contributed by atoms with Crippen LogP contribution in [0.5, 0.6) is 0 Å². The maximum atomic E-state index is 11.1. The lowest BCUT2D eigenvalue weighted by atomic mass is 10.2. The van der Waals surface area contributed by atoms with Crippen molar-refractivity contribution in [1.29, 1.82) is 0 Å². The maximum Gasteiger partial charge on any atom is 0.323 e. The summed E-state index contributed by atoms with van der Waals surface area (Å²) in [6, 6.07) is 10.4. The summed E-state index contributed by atoms with van der Waals surface area (Å²) in [7, 11) is 0. The predicted molar refractivity (Wildman–Crippen MR) is 81.3 cm³/mol. The van der Waals surface area contributed by atoms with Crippen LogP contribution in [0.1, 0.15) is 18.7 Å². The summed E-state index contributed by atoms with van der Waals surface area (Å²) in [5.74, 6) is -0.217. The van der Waals surface area contributed by atoms with Crippen molar-refractivity contribution >= 4 is 39.2 Å². The smallest absolute Gasteiger partial charge is 0.323 e. The number of anilines is 1. The summed E-state index contributed by atoms with van der Waals surface area (Å²) in [6.45, 7) is 1.77. The fourth-order valence-corrected chi connectivity index (χ4v) is 2.38. The van der Waals surface area contributed by atoms with E-state index in [1.54, 1.807) is 35.2 Å². The van der Waals surface area contributed by atoms with Gasteiger partial charge in [0.15, 0.2) is 4.67 Å². The van der Waals surface area contributed by atoms with Crippen LogP contribution in [0.25, 0.3) is 0 Å². The van der Waals surface area contributed by atoms with Crippen molar-refractivity contribution in [1.82, 2.24) is 0 Å². The molecule has 1 aromatic heterocycles. The molecule has 2 aromatic rings. The Morgan fingerprint density at radius 2 is 2.00 bits per heavy atom. The number of benzene rings is 1. The lowest BCUT2D eigenvalue weighted by Crippen LogP contribution is -2.32. The number of carboxylic acid groups (broad SMARTS) is 1. The van der Waals surface area contributed by atoms with E-state index in [0.717, 1.165) is 5.69 Å². The van der Waals surface area contributed by atoms with E-state index in [9.17, 15) is 4.79 Å². The van der Waals surface area contributed by atoms with Crippen LogP contribution in [0.2, 0.25) is 5.02 Å². The number of halogens is 2. The first-order valence-corrected chi connectivity index (χ1v) is 7.13. The number of carbonyl (C=O) groups is 1. The fourth-order valence-electron chi connectivity index (χ4n) is 1.94. The summed E-state index contributed by atoms with van der Waals surface area (Å²) in [5.41, 5.74) is 0.775. The molecule has 0 bridgehead atoms. The van der Waals surface area contributed by atoms with Crippen LogP contribution in [0.3, 0.4) is 0 Å². The molecule has 0 saturated carbocycles. The number of aliphatic carboxylic acids is 1. The molecule has 0 aliphatic rings. The first-order chi connectivity index (χ1) is 9.47. The predicted octanol–water partition coefficient (Wildman–Crippen LogP) is 4.35. The van der Waals surface area contributed by atoms with Gasteiger partial charge in [-0.25, -0.2) is 0 Å². The van der Waals surface area contributed by atoms with Gasteiger partial charge in [0.25, 0.3) is 0 Å². The molecule has 1 atom stereocenters. The lowest BCUT2D eigenvalue weighted by molar-refractivity contribution is -0.135. The largest absolute Gasteiger partial charge is 0.480 e. The average Bonchev–Trinajstić information content (AvgIpc) is 2.83. The molecule has 106 valence electrons.